The van der Waals surface area contributed by atoms with Gasteiger partial charge in [-0.2, -0.15) is 0 Å². The third-order valence-electron chi connectivity index (χ3n) is 4.98. The van der Waals surface area contributed by atoms with Gasteiger partial charge >= 0.3 is 6.03 Å². The maximum absolute atomic E-state index is 12.6. The summed E-state index contributed by atoms with van der Waals surface area (Å²) < 4.78 is 10.8. The second kappa shape index (κ2) is 7.83. The maximum Gasteiger partial charge on any atom is 0.321 e. The van der Waals surface area contributed by atoms with Gasteiger partial charge < -0.3 is 24.0 Å². The van der Waals surface area contributed by atoms with E-state index in [2.05, 4.69) is 10.3 Å². The third-order valence-corrected chi connectivity index (χ3v) is 4.98. The van der Waals surface area contributed by atoms with Gasteiger partial charge in [0.25, 0.3) is 5.91 Å². The quantitative estimate of drug-likeness (QED) is 0.734. The second-order valence-corrected chi connectivity index (χ2v) is 6.93. The molecule has 0 aliphatic carbocycles. The van der Waals surface area contributed by atoms with E-state index in [1.807, 2.05) is 38.1 Å². The molecule has 29 heavy (non-hydrogen) atoms. The van der Waals surface area contributed by atoms with E-state index < -0.39 is 0 Å². The predicted octanol–water partition coefficient (Wildman–Crippen LogP) is 3.54. The molecule has 150 valence electrons. The van der Waals surface area contributed by atoms with Crippen molar-refractivity contribution in [3.8, 4) is 11.5 Å². The number of amides is 3. The first-order chi connectivity index (χ1) is 14.0. The van der Waals surface area contributed by atoms with Crippen molar-refractivity contribution < 1.29 is 18.4 Å². The molecule has 1 N–H and O–H groups in total. The van der Waals surface area contributed by atoms with Gasteiger partial charge in [0.2, 0.25) is 5.89 Å². The number of aryl methyl sites for hydroxylation is 2. The van der Waals surface area contributed by atoms with Crippen LogP contribution >= 0.6 is 0 Å². The van der Waals surface area contributed by atoms with Crippen molar-refractivity contribution in [2.45, 2.75) is 13.8 Å². The molecule has 1 saturated heterocycles. The maximum atomic E-state index is 12.6. The summed E-state index contributed by atoms with van der Waals surface area (Å²) in [6.45, 7) is 5.59. The molecule has 3 aromatic rings. The molecule has 8 nitrogen and oxygen atoms in total. The number of oxazole rings is 1. The number of benzene rings is 1. The highest BCUT2D eigenvalue weighted by molar-refractivity contribution is 5.92. The second-order valence-electron chi connectivity index (χ2n) is 6.93. The fraction of sp³-hybridized carbons (Fsp3) is 0.286. The van der Waals surface area contributed by atoms with Gasteiger partial charge in [-0.3, -0.25) is 4.79 Å². The molecule has 1 fully saturated rings. The number of carbonyl (C=O) groups excluding carboxylic acids is 2. The van der Waals surface area contributed by atoms with Crippen molar-refractivity contribution in [1.29, 1.82) is 0 Å². The van der Waals surface area contributed by atoms with Gasteiger partial charge in [0, 0.05) is 37.4 Å². The number of anilines is 1. The molecule has 1 aliphatic rings. The average molecular weight is 394 g/mol. The Bertz CT molecular complexity index is 998. The van der Waals surface area contributed by atoms with E-state index in [0.29, 0.717) is 43.5 Å². The smallest absolute Gasteiger partial charge is 0.321 e. The van der Waals surface area contributed by atoms with Crippen LogP contribution in [0.4, 0.5) is 10.5 Å². The van der Waals surface area contributed by atoms with E-state index in [9.17, 15) is 9.59 Å². The highest BCUT2D eigenvalue weighted by atomic mass is 16.4. The Kier molecular flexibility index (Phi) is 5.07. The number of nitrogens with zero attached hydrogens (tertiary/aromatic N) is 3. The minimum absolute atomic E-state index is 0.153. The molecule has 1 aromatic carbocycles. The van der Waals surface area contributed by atoms with Gasteiger partial charge in [-0.1, -0.05) is 6.07 Å². The van der Waals surface area contributed by atoms with E-state index in [1.165, 1.54) is 6.26 Å². The predicted molar refractivity (Wildman–Crippen MR) is 107 cm³/mol. The van der Waals surface area contributed by atoms with Crippen molar-refractivity contribution in [3.05, 3.63) is 59.9 Å². The highest BCUT2D eigenvalue weighted by Gasteiger charge is 2.26. The standard InChI is InChI=1S/C21H22N4O4/c1-14-15(2)29-19(22-14)16-5-3-6-17(13-16)23-21(27)25-10-8-24(9-11-25)20(26)18-7-4-12-28-18/h3-7,12-13H,8-11H2,1-2H3,(H,23,27). The van der Waals surface area contributed by atoms with Crippen molar-refractivity contribution >= 4 is 17.6 Å². The zero-order valence-corrected chi connectivity index (χ0v) is 16.3. The van der Waals surface area contributed by atoms with Crippen LogP contribution < -0.4 is 5.32 Å². The fourth-order valence-corrected chi connectivity index (χ4v) is 3.20. The van der Waals surface area contributed by atoms with Gasteiger partial charge in [-0.05, 0) is 44.2 Å². The minimum Gasteiger partial charge on any atom is -0.459 e. The largest absolute Gasteiger partial charge is 0.459 e. The van der Waals surface area contributed by atoms with Gasteiger partial charge in [0.1, 0.15) is 5.76 Å². The molecule has 0 atom stereocenters. The molecule has 0 unspecified atom stereocenters. The number of hydrogen-bond donors (Lipinski definition) is 1. The molecule has 0 saturated carbocycles. The highest BCUT2D eigenvalue weighted by Crippen LogP contribution is 2.24. The number of carbonyl (C=O) groups is 2. The van der Waals surface area contributed by atoms with Crippen molar-refractivity contribution in [3.63, 3.8) is 0 Å². The summed E-state index contributed by atoms with van der Waals surface area (Å²) in [5, 5.41) is 2.91. The van der Waals surface area contributed by atoms with E-state index >= 15 is 0 Å². The molecule has 2 aromatic heterocycles. The van der Waals surface area contributed by atoms with Crippen molar-refractivity contribution in [1.82, 2.24) is 14.8 Å². The Labute approximate surface area is 168 Å². The molecule has 3 amide bonds. The van der Waals surface area contributed by atoms with Gasteiger partial charge in [0.15, 0.2) is 5.76 Å². The van der Waals surface area contributed by atoms with E-state index in [4.69, 9.17) is 8.83 Å². The molecule has 1 aliphatic heterocycles. The van der Waals surface area contributed by atoms with Crippen LogP contribution in [0.25, 0.3) is 11.5 Å². The topological polar surface area (TPSA) is 91.8 Å². The Morgan fingerprint density at radius 1 is 1.03 bits per heavy atom. The summed E-state index contributed by atoms with van der Waals surface area (Å²) >= 11 is 0. The summed E-state index contributed by atoms with van der Waals surface area (Å²) in [4.78, 5) is 32.7. The van der Waals surface area contributed by atoms with Crippen molar-refractivity contribution in [2.75, 3.05) is 31.5 Å². The lowest BCUT2D eigenvalue weighted by Gasteiger charge is -2.34. The number of nitrogens with one attached hydrogen (secondary N) is 1. The summed E-state index contributed by atoms with van der Waals surface area (Å²) in [5.41, 5.74) is 2.30. The number of furan rings is 1. The summed E-state index contributed by atoms with van der Waals surface area (Å²) in [6, 6.07) is 10.5. The van der Waals surface area contributed by atoms with Crippen LogP contribution in [0.5, 0.6) is 0 Å². The molecule has 0 radical (unpaired) electrons. The van der Waals surface area contributed by atoms with Crippen molar-refractivity contribution in [2.24, 2.45) is 0 Å². The Balaban J connectivity index is 1.37. The lowest BCUT2D eigenvalue weighted by molar-refractivity contribution is 0.0640. The number of piperazine rings is 1. The Morgan fingerprint density at radius 3 is 2.45 bits per heavy atom. The molecular weight excluding hydrogens is 372 g/mol. The Hall–Kier alpha value is -3.55. The van der Waals surface area contributed by atoms with Crippen LogP contribution in [0.3, 0.4) is 0 Å². The summed E-state index contributed by atoms with van der Waals surface area (Å²) in [7, 11) is 0. The summed E-state index contributed by atoms with van der Waals surface area (Å²) in [6.07, 6.45) is 1.48. The number of hydrogen-bond acceptors (Lipinski definition) is 5. The first-order valence-electron chi connectivity index (χ1n) is 9.44. The normalized spacial score (nSPS) is 14.1. The van der Waals surface area contributed by atoms with Gasteiger partial charge in [-0.25, -0.2) is 9.78 Å². The van der Waals surface area contributed by atoms with E-state index in [-0.39, 0.29) is 11.9 Å². The Morgan fingerprint density at radius 2 is 1.79 bits per heavy atom. The van der Waals surface area contributed by atoms with Crippen LogP contribution in [0, 0.1) is 13.8 Å². The molecule has 3 heterocycles. The summed E-state index contributed by atoms with van der Waals surface area (Å²) in [5.74, 6) is 1.47. The number of urea groups is 1. The van der Waals surface area contributed by atoms with Crippen LogP contribution in [0.15, 0.2) is 51.5 Å². The van der Waals surface area contributed by atoms with Crippen LogP contribution in [-0.2, 0) is 0 Å². The molecule has 0 spiro atoms. The van der Waals surface area contributed by atoms with Crippen LogP contribution in [-0.4, -0.2) is 52.9 Å². The van der Waals surface area contributed by atoms with E-state index in [0.717, 1.165) is 17.0 Å². The van der Waals surface area contributed by atoms with Gasteiger partial charge in [-0.15, -0.1) is 0 Å². The van der Waals surface area contributed by atoms with E-state index in [1.54, 1.807) is 21.9 Å². The SMILES string of the molecule is Cc1nc(-c2cccc(NC(=O)N3CCN(C(=O)c4ccco4)CC3)c2)oc1C. The average Bonchev–Trinajstić information content (AvgIpc) is 3.38. The third kappa shape index (κ3) is 4.01. The zero-order chi connectivity index (χ0) is 20.4. The minimum atomic E-state index is -0.202. The fourth-order valence-electron chi connectivity index (χ4n) is 3.20. The molecule has 0 bridgehead atoms. The van der Waals surface area contributed by atoms with Gasteiger partial charge in [0.05, 0.1) is 12.0 Å². The lowest BCUT2D eigenvalue weighted by atomic mass is 10.2. The van der Waals surface area contributed by atoms with Crippen LogP contribution in [0.1, 0.15) is 22.0 Å². The molecular formula is C21H22N4O4. The number of aromatic nitrogens is 1. The molecule has 4 rings (SSSR count). The lowest BCUT2D eigenvalue weighted by Crippen LogP contribution is -2.51. The first kappa shape index (κ1) is 18.8. The molecule has 8 heteroatoms. The monoisotopic (exact) mass is 394 g/mol. The van der Waals surface area contributed by atoms with Crippen LogP contribution in [0.2, 0.25) is 0 Å². The number of rotatable bonds is 3. The first-order valence-corrected chi connectivity index (χ1v) is 9.44. The zero-order valence-electron chi connectivity index (χ0n) is 16.3.